The molecule has 8 atom stereocenters. The maximum absolute atomic E-state index is 12.1. The molecule has 162 valence electrons. The zero-order valence-electron chi connectivity index (χ0n) is 18.1. The number of hydrogen-bond acceptors (Lipinski definition) is 8. The van der Waals surface area contributed by atoms with Crippen LogP contribution in [0.1, 0.15) is 20.3 Å². The Balaban J connectivity index is 1.56. The van der Waals surface area contributed by atoms with Gasteiger partial charge in [0.25, 0.3) is 10.9 Å². The SMILES string of the molecule is [B][C@@H]1O[C@H](COC)C(CNc2c(NCC[C@H]3O[C@@H]([B])[C@@H](C)C3OC)c(=O)c2=O)[C@@H]1C. The Hall–Kier alpha value is -1.35. The zero-order chi connectivity index (χ0) is 22.0. The van der Waals surface area contributed by atoms with Crippen molar-refractivity contribution in [1.82, 2.24) is 0 Å². The third-order valence-corrected chi connectivity index (χ3v) is 6.50. The molecule has 10 heteroatoms. The lowest BCUT2D eigenvalue weighted by molar-refractivity contribution is 0.00399. The van der Waals surface area contributed by atoms with Crippen molar-refractivity contribution < 1.29 is 18.9 Å². The van der Waals surface area contributed by atoms with Gasteiger partial charge in [0.1, 0.15) is 27.1 Å². The second-order valence-electron chi connectivity index (χ2n) is 8.32. The normalized spacial score (nSPS) is 36.4. The molecule has 2 heterocycles. The Kier molecular flexibility index (Phi) is 7.66. The fourth-order valence-electron chi connectivity index (χ4n) is 4.47. The molecule has 2 unspecified atom stereocenters. The molecule has 2 fully saturated rings. The maximum Gasteiger partial charge on any atom is 0.253 e. The Bertz CT molecular complexity index is 786. The van der Waals surface area contributed by atoms with Crippen molar-refractivity contribution in [3.63, 3.8) is 0 Å². The van der Waals surface area contributed by atoms with Crippen LogP contribution in [0.4, 0.5) is 11.4 Å². The standard InChI is InChI=1S/C20H30B2N2O6/c1-9-11(13(8-27-3)30-19(9)21)7-24-15-14(16(25)17(15)26)23-6-5-12-18(28-4)10(2)20(22)29-12/h9-13,18-20,23-24H,5-8H2,1-4H3/t9-,10-,11?,12+,13+,18?,19+,20+/m0/s1. The summed E-state index contributed by atoms with van der Waals surface area (Å²) in [6, 6.07) is -0.749. The third kappa shape index (κ3) is 4.47. The van der Waals surface area contributed by atoms with Gasteiger partial charge in [-0.25, -0.2) is 0 Å². The van der Waals surface area contributed by atoms with Crippen LogP contribution in [0.5, 0.6) is 0 Å². The van der Waals surface area contributed by atoms with Crippen molar-refractivity contribution in [3.8, 4) is 0 Å². The quantitative estimate of drug-likeness (QED) is 0.402. The van der Waals surface area contributed by atoms with Crippen molar-refractivity contribution in [2.45, 2.75) is 50.6 Å². The summed E-state index contributed by atoms with van der Waals surface area (Å²) >= 11 is 0. The molecule has 0 spiro atoms. The minimum Gasteiger partial charge on any atom is -0.382 e. The molecule has 2 aliphatic heterocycles. The largest absolute Gasteiger partial charge is 0.382 e. The van der Waals surface area contributed by atoms with Crippen LogP contribution < -0.4 is 21.5 Å². The first-order valence-electron chi connectivity index (χ1n) is 10.4. The molecular formula is C20H30B2N2O6. The summed E-state index contributed by atoms with van der Waals surface area (Å²) in [7, 11) is 15.2. The summed E-state index contributed by atoms with van der Waals surface area (Å²) in [5.41, 5.74) is -0.411. The number of methoxy groups -OCH3 is 2. The van der Waals surface area contributed by atoms with Gasteiger partial charge in [-0.2, -0.15) is 0 Å². The van der Waals surface area contributed by atoms with Crippen molar-refractivity contribution >= 4 is 27.1 Å². The van der Waals surface area contributed by atoms with Crippen LogP contribution in [0, 0.1) is 17.8 Å². The summed E-state index contributed by atoms with van der Waals surface area (Å²) in [6.07, 6.45) is 0.181. The highest BCUT2D eigenvalue weighted by molar-refractivity contribution is 6.11. The van der Waals surface area contributed by atoms with E-state index in [1.165, 1.54) is 0 Å². The average Bonchev–Trinajstić information content (AvgIpc) is 3.15. The van der Waals surface area contributed by atoms with Gasteiger partial charge in [0.05, 0.1) is 24.9 Å². The molecule has 0 amide bonds. The molecule has 0 bridgehead atoms. The molecule has 1 aromatic carbocycles. The van der Waals surface area contributed by atoms with Gasteiger partial charge in [0.15, 0.2) is 0 Å². The first-order valence-corrected chi connectivity index (χ1v) is 10.4. The summed E-state index contributed by atoms with van der Waals surface area (Å²) in [4.78, 5) is 24.1. The molecule has 0 aliphatic carbocycles. The van der Waals surface area contributed by atoms with Gasteiger partial charge < -0.3 is 29.6 Å². The summed E-state index contributed by atoms with van der Waals surface area (Å²) in [5, 5.41) is 6.19. The second kappa shape index (κ2) is 9.85. The van der Waals surface area contributed by atoms with Crippen molar-refractivity contribution in [1.29, 1.82) is 0 Å². The van der Waals surface area contributed by atoms with Gasteiger partial charge in [-0.15, -0.1) is 0 Å². The smallest absolute Gasteiger partial charge is 0.253 e. The van der Waals surface area contributed by atoms with Crippen LogP contribution in [0.15, 0.2) is 9.59 Å². The Morgan fingerprint density at radius 2 is 1.53 bits per heavy atom. The van der Waals surface area contributed by atoms with E-state index in [1.807, 2.05) is 13.8 Å². The molecule has 1 aromatic rings. The highest BCUT2D eigenvalue weighted by Crippen LogP contribution is 2.32. The molecular weight excluding hydrogens is 386 g/mol. The topological polar surface area (TPSA) is 95.1 Å². The lowest BCUT2D eigenvalue weighted by Gasteiger charge is -2.23. The minimum atomic E-state index is -0.515. The first-order chi connectivity index (χ1) is 14.3. The molecule has 0 aromatic heterocycles. The summed E-state index contributed by atoms with van der Waals surface area (Å²) in [5.74, 6) is 0.247. The third-order valence-electron chi connectivity index (χ3n) is 6.50. The zero-order valence-corrected chi connectivity index (χ0v) is 18.1. The van der Waals surface area contributed by atoms with Gasteiger partial charge in [-0.1, -0.05) is 13.8 Å². The van der Waals surface area contributed by atoms with E-state index < -0.39 is 10.9 Å². The Morgan fingerprint density at radius 3 is 2.17 bits per heavy atom. The number of rotatable bonds is 10. The number of ether oxygens (including phenoxy) is 4. The van der Waals surface area contributed by atoms with Crippen LogP contribution in [0.2, 0.25) is 0 Å². The molecule has 2 aliphatic rings. The van der Waals surface area contributed by atoms with E-state index in [0.717, 1.165) is 0 Å². The van der Waals surface area contributed by atoms with Gasteiger partial charge in [-0.3, -0.25) is 9.59 Å². The molecule has 2 saturated heterocycles. The molecule has 30 heavy (non-hydrogen) atoms. The van der Waals surface area contributed by atoms with Gasteiger partial charge >= 0.3 is 0 Å². The average molecular weight is 416 g/mol. The van der Waals surface area contributed by atoms with E-state index in [0.29, 0.717) is 37.5 Å². The number of nitrogens with one attached hydrogen (secondary N) is 2. The lowest BCUT2D eigenvalue weighted by Crippen LogP contribution is -2.40. The van der Waals surface area contributed by atoms with Crippen LogP contribution in [-0.2, 0) is 18.9 Å². The molecule has 0 saturated carbocycles. The lowest BCUT2D eigenvalue weighted by atomic mass is 9.81. The Labute approximate surface area is 179 Å². The summed E-state index contributed by atoms with van der Waals surface area (Å²) in [6.45, 7) is 5.34. The van der Waals surface area contributed by atoms with Gasteiger partial charge in [0.2, 0.25) is 0 Å². The highest BCUT2D eigenvalue weighted by atomic mass is 16.6. The summed E-state index contributed by atoms with van der Waals surface area (Å²) < 4.78 is 22.2. The van der Waals surface area contributed by atoms with Gasteiger partial charge in [-0.05, 0) is 12.3 Å². The van der Waals surface area contributed by atoms with Crippen molar-refractivity contribution in [2.75, 3.05) is 44.5 Å². The molecule has 2 N–H and O–H groups in total. The molecule has 8 nitrogen and oxygen atoms in total. The van der Waals surface area contributed by atoms with Crippen LogP contribution in [0.25, 0.3) is 0 Å². The monoisotopic (exact) mass is 416 g/mol. The van der Waals surface area contributed by atoms with E-state index in [1.54, 1.807) is 14.2 Å². The predicted octanol–water partition coefficient (Wildman–Crippen LogP) is -0.167. The van der Waals surface area contributed by atoms with E-state index >= 15 is 0 Å². The maximum atomic E-state index is 12.1. The number of hydrogen-bond donors (Lipinski definition) is 2. The number of anilines is 2. The minimum absolute atomic E-state index is 0.0644. The van der Waals surface area contributed by atoms with Crippen molar-refractivity contribution in [3.05, 3.63) is 20.4 Å². The first kappa shape index (κ1) is 23.3. The van der Waals surface area contributed by atoms with E-state index in [-0.39, 0.29) is 48.1 Å². The van der Waals surface area contributed by atoms with E-state index in [9.17, 15) is 9.59 Å². The van der Waals surface area contributed by atoms with Crippen LogP contribution in [-0.4, -0.2) is 79.9 Å². The van der Waals surface area contributed by atoms with Gasteiger partial charge in [0, 0.05) is 51.2 Å². The Morgan fingerprint density at radius 1 is 0.933 bits per heavy atom. The highest BCUT2D eigenvalue weighted by Gasteiger charge is 2.40. The fourth-order valence-corrected chi connectivity index (χ4v) is 4.47. The van der Waals surface area contributed by atoms with Crippen molar-refractivity contribution in [2.24, 2.45) is 17.8 Å². The van der Waals surface area contributed by atoms with E-state index in [2.05, 4.69) is 10.6 Å². The van der Waals surface area contributed by atoms with E-state index in [4.69, 9.17) is 34.6 Å². The van der Waals surface area contributed by atoms with Crippen LogP contribution in [0.3, 0.4) is 0 Å². The molecule has 3 rings (SSSR count). The predicted molar refractivity (Wildman–Crippen MR) is 116 cm³/mol. The fraction of sp³-hybridized carbons (Fsp3) is 0.800. The molecule has 4 radical (unpaired) electrons. The second-order valence-corrected chi connectivity index (χ2v) is 8.32. The van der Waals surface area contributed by atoms with Crippen LogP contribution >= 0.6 is 0 Å².